The molecule has 2 atom stereocenters. The molecule has 21 heavy (non-hydrogen) atoms. The van der Waals surface area contributed by atoms with E-state index in [2.05, 4.69) is 5.10 Å². The molecule has 1 fully saturated rings. The zero-order valence-electron chi connectivity index (χ0n) is 12.2. The Balaban J connectivity index is 1.75. The van der Waals surface area contributed by atoms with Crippen LogP contribution in [0.2, 0.25) is 0 Å². The van der Waals surface area contributed by atoms with Crippen LogP contribution in [-0.4, -0.2) is 22.2 Å². The van der Waals surface area contributed by atoms with Crippen LogP contribution in [0.4, 0.5) is 10.1 Å². The van der Waals surface area contributed by atoms with Crippen molar-refractivity contribution in [3.63, 3.8) is 0 Å². The summed E-state index contributed by atoms with van der Waals surface area (Å²) in [6, 6.07) is 6.19. The number of aromatic nitrogens is 2. The first-order valence-corrected chi connectivity index (χ1v) is 7.15. The Morgan fingerprint density at radius 1 is 1.52 bits per heavy atom. The highest BCUT2D eigenvalue weighted by Gasteiger charge is 2.46. The Labute approximate surface area is 123 Å². The molecule has 1 amide bonds. The minimum Gasteiger partial charge on any atom is -0.312 e. The highest BCUT2D eigenvalue weighted by Crippen LogP contribution is 2.48. The Bertz CT molecular complexity index is 667. The average Bonchev–Trinajstić information content (AvgIpc) is 3.15. The van der Waals surface area contributed by atoms with Crippen LogP contribution in [0.1, 0.15) is 24.8 Å². The van der Waals surface area contributed by atoms with Crippen molar-refractivity contribution in [1.29, 1.82) is 0 Å². The van der Waals surface area contributed by atoms with Crippen molar-refractivity contribution in [2.75, 3.05) is 11.4 Å². The number of hydrogen-bond donors (Lipinski definition) is 0. The van der Waals surface area contributed by atoms with Gasteiger partial charge in [-0.1, -0.05) is 6.07 Å². The second-order valence-electron chi connectivity index (χ2n) is 5.46. The summed E-state index contributed by atoms with van der Waals surface area (Å²) >= 11 is 0. The lowest BCUT2D eigenvalue weighted by molar-refractivity contribution is -0.119. The number of hydrogen-bond acceptors (Lipinski definition) is 2. The van der Waals surface area contributed by atoms with Gasteiger partial charge in [0.2, 0.25) is 5.91 Å². The maximum absolute atomic E-state index is 13.3. The van der Waals surface area contributed by atoms with Gasteiger partial charge in [-0.2, -0.15) is 5.10 Å². The van der Waals surface area contributed by atoms with Crippen molar-refractivity contribution in [2.45, 2.75) is 19.3 Å². The molecule has 1 aromatic heterocycles. The number of benzene rings is 1. The molecule has 0 aliphatic heterocycles. The summed E-state index contributed by atoms with van der Waals surface area (Å²) in [7, 11) is 1.87. The summed E-state index contributed by atoms with van der Waals surface area (Å²) in [4.78, 5) is 14.3. The minimum absolute atomic E-state index is 0.0163. The van der Waals surface area contributed by atoms with Crippen LogP contribution >= 0.6 is 0 Å². The van der Waals surface area contributed by atoms with Gasteiger partial charge < -0.3 is 4.90 Å². The molecule has 0 N–H and O–H groups in total. The van der Waals surface area contributed by atoms with Gasteiger partial charge in [0.1, 0.15) is 5.82 Å². The number of rotatable bonds is 4. The zero-order valence-corrected chi connectivity index (χ0v) is 12.2. The molecule has 1 aliphatic carbocycles. The first kappa shape index (κ1) is 13.8. The maximum Gasteiger partial charge on any atom is 0.230 e. The number of halogens is 1. The highest BCUT2D eigenvalue weighted by atomic mass is 19.1. The summed E-state index contributed by atoms with van der Waals surface area (Å²) in [6.45, 7) is 2.45. The summed E-state index contributed by atoms with van der Waals surface area (Å²) in [5, 5.41) is 4.15. The third-order valence-electron chi connectivity index (χ3n) is 3.96. The predicted molar refractivity (Wildman–Crippen MR) is 78.5 cm³/mol. The van der Waals surface area contributed by atoms with Gasteiger partial charge in [-0.25, -0.2) is 4.39 Å². The Hall–Kier alpha value is -2.17. The average molecular weight is 287 g/mol. The van der Waals surface area contributed by atoms with Crippen molar-refractivity contribution < 1.29 is 9.18 Å². The third kappa shape index (κ3) is 2.68. The molecular weight excluding hydrogens is 269 g/mol. The Morgan fingerprint density at radius 2 is 2.33 bits per heavy atom. The lowest BCUT2D eigenvalue weighted by Gasteiger charge is -2.21. The first-order valence-electron chi connectivity index (χ1n) is 7.15. The lowest BCUT2D eigenvalue weighted by Crippen LogP contribution is -2.32. The number of anilines is 1. The van der Waals surface area contributed by atoms with Crippen LogP contribution < -0.4 is 4.90 Å². The number of carbonyl (C=O) groups is 1. The lowest BCUT2D eigenvalue weighted by atomic mass is 10.1. The molecule has 0 radical (unpaired) electrons. The van der Waals surface area contributed by atoms with Crippen LogP contribution in [0.15, 0.2) is 36.7 Å². The second kappa shape index (κ2) is 5.31. The molecule has 3 rings (SSSR count). The fourth-order valence-corrected chi connectivity index (χ4v) is 2.78. The van der Waals surface area contributed by atoms with Gasteiger partial charge in [0, 0.05) is 31.4 Å². The van der Waals surface area contributed by atoms with Crippen molar-refractivity contribution in [2.24, 2.45) is 13.0 Å². The summed E-state index contributed by atoms with van der Waals surface area (Å²) < 4.78 is 15.1. The molecule has 4 nitrogen and oxygen atoms in total. The van der Waals surface area contributed by atoms with E-state index in [0.717, 1.165) is 12.0 Å². The van der Waals surface area contributed by atoms with E-state index in [4.69, 9.17) is 0 Å². The summed E-state index contributed by atoms with van der Waals surface area (Å²) in [5.41, 5.74) is 1.73. The van der Waals surface area contributed by atoms with Gasteiger partial charge in [-0.05, 0) is 43.0 Å². The van der Waals surface area contributed by atoms with E-state index < -0.39 is 0 Å². The van der Waals surface area contributed by atoms with E-state index in [9.17, 15) is 9.18 Å². The largest absolute Gasteiger partial charge is 0.312 e. The standard InChI is InChI=1S/C16H18FN3O/c1-3-20(13-6-4-5-12(17)7-13)16(21)15-8-14(15)11-9-18-19(2)10-11/h4-7,9-10,14-15H,3,8H2,1-2H3/t14-,15+/m1/s1. The molecule has 1 saturated carbocycles. The van der Waals surface area contributed by atoms with Crippen LogP contribution in [0.25, 0.3) is 0 Å². The van der Waals surface area contributed by atoms with E-state index in [1.807, 2.05) is 26.4 Å². The van der Waals surface area contributed by atoms with Crippen LogP contribution in [-0.2, 0) is 11.8 Å². The minimum atomic E-state index is -0.321. The molecule has 0 spiro atoms. The van der Waals surface area contributed by atoms with Crippen LogP contribution in [0.5, 0.6) is 0 Å². The van der Waals surface area contributed by atoms with Crippen LogP contribution in [0, 0.1) is 11.7 Å². The van der Waals surface area contributed by atoms with Gasteiger partial charge in [-0.15, -0.1) is 0 Å². The van der Waals surface area contributed by atoms with Gasteiger partial charge >= 0.3 is 0 Å². The molecule has 5 heteroatoms. The van der Waals surface area contributed by atoms with Gasteiger partial charge in [0.25, 0.3) is 0 Å². The molecular formula is C16H18FN3O. The van der Waals surface area contributed by atoms with Crippen molar-refractivity contribution in [1.82, 2.24) is 9.78 Å². The smallest absolute Gasteiger partial charge is 0.230 e. The molecule has 1 heterocycles. The van der Waals surface area contributed by atoms with Crippen molar-refractivity contribution in [3.05, 3.63) is 48.0 Å². The van der Waals surface area contributed by atoms with Crippen LogP contribution in [0.3, 0.4) is 0 Å². The van der Waals surface area contributed by atoms with Crippen molar-refractivity contribution >= 4 is 11.6 Å². The number of aryl methyl sites for hydroxylation is 1. The van der Waals surface area contributed by atoms with Gasteiger partial charge in [-0.3, -0.25) is 9.48 Å². The van der Waals surface area contributed by atoms with E-state index in [1.165, 1.54) is 12.1 Å². The summed E-state index contributed by atoms with van der Waals surface area (Å²) in [6.07, 6.45) is 4.61. The van der Waals surface area contributed by atoms with E-state index >= 15 is 0 Å². The second-order valence-corrected chi connectivity index (χ2v) is 5.46. The fourth-order valence-electron chi connectivity index (χ4n) is 2.78. The quantitative estimate of drug-likeness (QED) is 0.867. The molecule has 0 saturated heterocycles. The van der Waals surface area contributed by atoms with E-state index in [-0.39, 0.29) is 23.6 Å². The third-order valence-corrected chi connectivity index (χ3v) is 3.96. The molecule has 0 bridgehead atoms. The maximum atomic E-state index is 13.3. The number of carbonyl (C=O) groups excluding carboxylic acids is 1. The van der Waals surface area contributed by atoms with E-state index in [0.29, 0.717) is 12.2 Å². The predicted octanol–water partition coefficient (Wildman–Crippen LogP) is 2.72. The van der Waals surface area contributed by atoms with E-state index in [1.54, 1.807) is 21.7 Å². The normalized spacial score (nSPS) is 20.3. The van der Waals surface area contributed by atoms with Crippen molar-refractivity contribution in [3.8, 4) is 0 Å². The highest BCUT2D eigenvalue weighted by molar-refractivity contribution is 5.97. The SMILES string of the molecule is CCN(C(=O)[C@H]1C[C@@H]1c1cnn(C)c1)c1cccc(F)c1. The zero-order chi connectivity index (χ0) is 15.0. The number of amides is 1. The van der Waals surface area contributed by atoms with Gasteiger partial charge in [0.05, 0.1) is 6.20 Å². The topological polar surface area (TPSA) is 38.1 Å². The molecule has 1 aromatic carbocycles. The Morgan fingerprint density at radius 3 is 2.95 bits per heavy atom. The molecule has 2 aromatic rings. The first-order chi connectivity index (χ1) is 10.1. The Kier molecular flexibility index (Phi) is 3.49. The van der Waals surface area contributed by atoms with Gasteiger partial charge in [0.15, 0.2) is 0 Å². The monoisotopic (exact) mass is 287 g/mol. The molecule has 110 valence electrons. The number of nitrogens with zero attached hydrogens (tertiary/aromatic N) is 3. The molecule has 0 unspecified atom stereocenters. The molecule has 1 aliphatic rings. The summed E-state index contributed by atoms with van der Waals surface area (Å²) in [5.74, 6) is -0.0264. The fraction of sp³-hybridized carbons (Fsp3) is 0.375.